The second-order valence-electron chi connectivity index (χ2n) is 12.9. The van der Waals surface area contributed by atoms with Crippen molar-refractivity contribution in [2.45, 2.75) is 89.1 Å². The third kappa shape index (κ3) is 2.00. The number of para-hydroxylation sites is 1. The summed E-state index contributed by atoms with van der Waals surface area (Å²) in [6.45, 7) is 8.65. The molecule has 7 rings (SSSR count). The van der Waals surface area contributed by atoms with E-state index in [1.54, 1.807) is 0 Å². The highest BCUT2D eigenvalue weighted by Crippen LogP contribution is 2.75. The number of aliphatic hydroxyl groups excluding tert-OH is 1. The van der Waals surface area contributed by atoms with Crippen LogP contribution in [0.4, 0.5) is 0 Å². The number of carbonyl (C=O) groups excluding carboxylic acids is 1. The predicted octanol–water partition coefficient (Wildman–Crippen LogP) is 4.24. The molecule has 0 amide bonds. The van der Waals surface area contributed by atoms with Crippen LogP contribution in [0.3, 0.4) is 0 Å². The largest absolute Gasteiger partial charge is 0.387 e. The number of hydrogen-bond acceptors (Lipinski definition) is 4. The van der Waals surface area contributed by atoms with Gasteiger partial charge in [0.2, 0.25) is 0 Å². The van der Waals surface area contributed by atoms with Crippen molar-refractivity contribution in [2.75, 3.05) is 0 Å². The van der Waals surface area contributed by atoms with Gasteiger partial charge >= 0.3 is 0 Å². The number of ketones is 1. The zero-order valence-corrected chi connectivity index (χ0v) is 20.1. The number of nitrogens with one attached hydrogen (secondary N) is 1. The Kier molecular flexibility index (Phi) is 3.60. The van der Waals surface area contributed by atoms with Gasteiger partial charge in [-0.25, -0.2) is 0 Å². The van der Waals surface area contributed by atoms with Gasteiger partial charge in [-0.05, 0) is 55.1 Å². The molecule has 8 atom stereocenters. The maximum Gasteiger partial charge on any atom is 0.196 e. The predicted molar refractivity (Wildman–Crippen MR) is 125 cm³/mol. The molecule has 2 heterocycles. The molecule has 5 aliphatic rings. The second kappa shape index (κ2) is 5.75. The molecule has 0 bridgehead atoms. The molecule has 0 unspecified atom stereocenters. The van der Waals surface area contributed by atoms with E-state index in [2.05, 4.69) is 43.1 Å². The molecular formula is C28H35NO4. The minimum absolute atomic E-state index is 0.186. The van der Waals surface area contributed by atoms with Gasteiger partial charge in [0.1, 0.15) is 11.9 Å². The fourth-order valence-corrected chi connectivity index (χ4v) is 9.63. The first-order chi connectivity index (χ1) is 15.5. The van der Waals surface area contributed by atoms with Crippen LogP contribution in [0.1, 0.15) is 71.1 Å². The van der Waals surface area contributed by atoms with E-state index in [0.29, 0.717) is 18.8 Å². The minimum Gasteiger partial charge on any atom is -0.387 e. The summed E-state index contributed by atoms with van der Waals surface area (Å²) in [5, 5.41) is 24.3. The van der Waals surface area contributed by atoms with Crippen LogP contribution >= 0.6 is 0 Å². The first-order valence-corrected chi connectivity index (χ1v) is 12.7. The number of aromatic amines is 1. The number of carbonyl (C=O) groups is 1. The molecule has 1 saturated heterocycles. The smallest absolute Gasteiger partial charge is 0.196 e. The van der Waals surface area contributed by atoms with Gasteiger partial charge in [-0.3, -0.25) is 4.79 Å². The molecule has 1 aromatic carbocycles. The van der Waals surface area contributed by atoms with Gasteiger partial charge in [-0.2, -0.15) is 0 Å². The van der Waals surface area contributed by atoms with Crippen LogP contribution in [0, 0.1) is 28.6 Å². The van der Waals surface area contributed by atoms with E-state index in [-0.39, 0.29) is 28.4 Å². The summed E-state index contributed by atoms with van der Waals surface area (Å²) in [5.74, 6) is -1.66. The zero-order valence-electron chi connectivity index (χ0n) is 20.1. The van der Waals surface area contributed by atoms with Crippen molar-refractivity contribution in [2.24, 2.45) is 28.6 Å². The third-order valence-corrected chi connectivity index (χ3v) is 11.4. The highest BCUT2D eigenvalue weighted by molar-refractivity contribution is 5.87. The Balaban J connectivity index is 1.44. The van der Waals surface area contributed by atoms with Crippen LogP contribution in [0.25, 0.3) is 10.9 Å². The van der Waals surface area contributed by atoms with Crippen molar-refractivity contribution in [1.82, 2.24) is 4.98 Å². The van der Waals surface area contributed by atoms with Gasteiger partial charge in [-0.1, -0.05) is 45.9 Å². The van der Waals surface area contributed by atoms with Crippen LogP contribution in [0.2, 0.25) is 0 Å². The first kappa shape index (κ1) is 20.7. The van der Waals surface area contributed by atoms with Gasteiger partial charge < -0.3 is 19.9 Å². The number of ether oxygens (including phenoxy) is 1. The van der Waals surface area contributed by atoms with Crippen molar-refractivity contribution >= 4 is 16.7 Å². The maximum atomic E-state index is 13.6. The molecule has 1 aliphatic heterocycles. The Morgan fingerprint density at radius 2 is 1.88 bits per heavy atom. The topological polar surface area (TPSA) is 82.6 Å². The van der Waals surface area contributed by atoms with E-state index in [4.69, 9.17) is 4.74 Å². The Bertz CT molecular complexity index is 1220. The Morgan fingerprint density at radius 1 is 1.12 bits per heavy atom. The fraction of sp³-hybridized carbons (Fsp3) is 0.679. The van der Waals surface area contributed by atoms with Crippen molar-refractivity contribution in [3.8, 4) is 0 Å². The number of Topliss-reactive ketones (excluding diaryl/α,β-unsaturated/α-hetero) is 1. The monoisotopic (exact) mass is 449 g/mol. The number of benzene rings is 1. The summed E-state index contributed by atoms with van der Waals surface area (Å²) < 4.78 is 6.82. The van der Waals surface area contributed by atoms with E-state index >= 15 is 0 Å². The van der Waals surface area contributed by atoms with E-state index in [9.17, 15) is 15.0 Å². The quantitative estimate of drug-likeness (QED) is 0.562. The van der Waals surface area contributed by atoms with E-state index in [1.807, 2.05) is 13.8 Å². The zero-order chi connectivity index (χ0) is 23.2. The standard InChI is InChI=1S/C28H35NO4/c1-24(2)14-18-21-20(30)10-11-25(3)26(4)15(9-12-27(21,25)33-28(18,32)23(24)31)13-17-16-7-5-6-8-19(16)29-22(17)26/h5-8,15,18,21,23,29,31-32H,9-14H2,1-4H3/t15-,18-,21+,23+,25+,26+,27+,28+/m0/s1. The lowest BCUT2D eigenvalue weighted by Crippen LogP contribution is -2.69. The number of rotatable bonds is 0. The Hall–Kier alpha value is -1.69. The van der Waals surface area contributed by atoms with E-state index in [0.717, 1.165) is 25.7 Å². The SMILES string of the molecule is CC1(C)C[C@H]2[C@@H]3C(=O)CC[C@]4(C)[C@@]5(C)c6[nH]c7ccccc7c6C[C@@H]5CC[C@@]34O[C@@]2(O)[C@@H]1O. The van der Waals surface area contributed by atoms with Crippen LogP contribution in [-0.2, 0) is 21.4 Å². The number of hydrogen-bond donors (Lipinski definition) is 3. The molecule has 4 fully saturated rings. The summed E-state index contributed by atoms with van der Waals surface area (Å²) in [7, 11) is 0. The van der Waals surface area contributed by atoms with Crippen molar-refractivity contribution in [1.29, 1.82) is 0 Å². The maximum absolute atomic E-state index is 13.6. The Morgan fingerprint density at radius 3 is 2.67 bits per heavy atom. The third-order valence-electron chi connectivity index (χ3n) is 11.4. The van der Waals surface area contributed by atoms with Crippen molar-refractivity contribution in [3.05, 3.63) is 35.5 Å². The van der Waals surface area contributed by atoms with Crippen molar-refractivity contribution < 1.29 is 19.7 Å². The van der Waals surface area contributed by atoms with Crippen LogP contribution in [0.15, 0.2) is 24.3 Å². The normalized spacial score (nSPS) is 49.5. The molecule has 3 saturated carbocycles. The molecule has 1 aromatic heterocycles. The van der Waals surface area contributed by atoms with Crippen molar-refractivity contribution in [3.63, 3.8) is 0 Å². The van der Waals surface area contributed by atoms with Gasteiger partial charge in [-0.15, -0.1) is 0 Å². The fourth-order valence-electron chi connectivity index (χ4n) is 9.63. The summed E-state index contributed by atoms with van der Waals surface area (Å²) >= 11 is 0. The molecule has 2 aromatic rings. The Labute approximate surface area is 194 Å². The van der Waals surface area contributed by atoms with Gasteiger partial charge in [0.25, 0.3) is 0 Å². The first-order valence-electron chi connectivity index (χ1n) is 12.7. The molecule has 5 heteroatoms. The summed E-state index contributed by atoms with van der Waals surface area (Å²) in [6.07, 6.45) is 3.67. The second-order valence-corrected chi connectivity index (χ2v) is 12.9. The van der Waals surface area contributed by atoms with Crippen LogP contribution in [0.5, 0.6) is 0 Å². The number of H-pyrrole nitrogens is 1. The molecule has 0 radical (unpaired) electrons. The average molecular weight is 450 g/mol. The summed E-state index contributed by atoms with van der Waals surface area (Å²) in [6, 6.07) is 8.55. The van der Waals surface area contributed by atoms with Gasteiger partial charge in [0, 0.05) is 39.8 Å². The lowest BCUT2D eigenvalue weighted by molar-refractivity contribution is -0.317. The number of aromatic nitrogens is 1. The van der Waals surface area contributed by atoms with E-state index < -0.39 is 22.9 Å². The molecular weight excluding hydrogens is 414 g/mol. The average Bonchev–Trinajstić information content (AvgIpc) is 3.40. The number of fused-ring (bicyclic) bond motifs is 8. The molecule has 176 valence electrons. The highest BCUT2D eigenvalue weighted by Gasteiger charge is 2.81. The summed E-state index contributed by atoms with van der Waals surface area (Å²) in [4.78, 5) is 17.4. The molecule has 1 spiro atoms. The molecule has 3 N–H and O–H groups in total. The van der Waals surface area contributed by atoms with E-state index in [1.165, 1.54) is 22.2 Å². The highest BCUT2D eigenvalue weighted by atomic mass is 16.7. The minimum atomic E-state index is -1.65. The lowest BCUT2D eigenvalue weighted by Gasteiger charge is -2.64. The molecule has 33 heavy (non-hydrogen) atoms. The lowest BCUT2D eigenvalue weighted by atomic mass is 9.41. The van der Waals surface area contributed by atoms with Crippen LogP contribution in [-0.4, -0.2) is 38.5 Å². The summed E-state index contributed by atoms with van der Waals surface area (Å²) in [5.41, 5.74) is 2.16. The number of aliphatic hydroxyl groups is 2. The van der Waals surface area contributed by atoms with Crippen LogP contribution < -0.4 is 0 Å². The van der Waals surface area contributed by atoms with Gasteiger partial charge in [0.05, 0.1) is 11.5 Å². The molecule has 5 nitrogen and oxygen atoms in total. The van der Waals surface area contributed by atoms with Gasteiger partial charge in [0.15, 0.2) is 5.79 Å². The molecule has 4 aliphatic carbocycles.